The summed E-state index contributed by atoms with van der Waals surface area (Å²) in [6.45, 7) is 2.78. The number of nitrogens with two attached hydrogens (primary N) is 1. The molecule has 0 spiro atoms. The largest absolute Gasteiger partial charge is 0.491 e. The predicted molar refractivity (Wildman–Crippen MR) is 86.2 cm³/mol. The number of nitrogens with one attached hydrogen (secondary N) is 1. The van der Waals surface area contributed by atoms with Crippen molar-refractivity contribution in [2.45, 2.75) is 13.5 Å². The second-order valence-corrected chi connectivity index (χ2v) is 4.69. The number of hydrogen-bond acceptors (Lipinski definition) is 4. The molecule has 0 aromatic heterocycles. The van der Waals surface area contributed by atoms with Gasteiger partial charge in [-0.15, -0.1) is 0 Å². The number of methoxy groups -OCH3 is 1. The zero-order valence-corrected chi connectivity index (χ0v) is 12.8. The molecule has 0 radical (unpaired) electrons. The summed E-state index contributed by atoms with van der Waals surface area (Å²) in [6, 6.07) is 13.1. The molecule has 2 rings (SSSR count). The highest BCUT2D eigenvalue weighted by molar-refractivity contribution is 6.00. The topological polar surface area (TPSA) is 73.6 Å². The molecular weight excluding hydrogens is 280 g/mol. The van der Waals surface area contributed by atoms with E-state index >= 15 is 0 Å². The lowest BCUT2D eigenvalue weighted by atomic mass is 10.1. The molecule has 3 N–H and O–H groups in total. The first-order valence-corrected chi connectivity index (χ1v) is 7.08. The van der Waals surface area contributed by atoms with Crippen LogP contribution < -0.4 is 20.5 Å². The van der Waals surface area contributed by atoms with E-state index in [1.54, 1.807) is 12.1 Å². The molecule has 2 aromatic carbocycles. The van der Waals surface area contributed by atoms with Crippen LogP contribution in [-0.2, 0) is 6.61 Å². The van der Waals surface area contributed by atoms with E-state index in [2.05, 4.69) is 5.32 Å². The summed E-state index contributed by atoms with van der Waals surface area (Å²) >= 11 is 0. The SMILES string of the molecule is CCNC(=O)c1ccc(OCc2ccccc2)c(OC)c1N. The first-order valence-electron chi connectivity index (χ1n) is 7.08. The molecule has 0 aliphatic carbocycles. The smallest absolute Gasteiger partial charge is 0.253 e. The molecule has 1 amide bonds. The average Bonchev–Trinajstić information content (AvgIpc) is 2.54. The molecule has 0 heterocycles. The zero-order chi connectivity index (χ0) is 15.9. The Morgan fingerprint density at radius 3 is 2.55 bits per heavy atom. The van der Waals surface area contributed by atoms with Crippen LogP contribution in [0.1, 0.15) is 22.8 Å². The summed E-state index contributed by atoms with van der Waals surface area (Å²) in [5, 5.41) is 2.72. The number of carbonyl (C=O) groups excluding carboxylic acids is 1. The summed E-state index contributed by atoms with van der Waals surface area (Å²) in [7, 11) is 1.50. The Kier molecular flexibility index (Phi) is 5.25. The first-order chi connectivity index (χ1) is 10.7. The molecule has 22 heavy (non-hydrogen) atoms. The van der Waals surface area contributed by atoms with Crippen molar-refractivity contribution in [3.05, 3.63) is 53.6 Å². The van der Waals surface area contributed by atoms with E-state index in [9.17, 15) is 4.79 Å². The fourth-order valence-electron chi connectivity index (χ4n) is 2.09. The maximum Gasteiger partial charge on any atom is 0.253 e. The number of carbonyl (C=O) groups is 1. The predicted octanol–water partition coefficient (Wildman–Crippen LogP) is 2.61. The highest BCUT2D eigenvalue weighted by Gasteiger charge is 2.17. The van der Waals surface area contributed by atoms with E-state index in [4.69, 9.17) is 15.2 Å². The molecule has 0 saturated carbocycles. The summed E-state index contributed by atoms with van der Waals surface area (Å²) in [5.41, 5.74) is 7.72. The maximum atomic E-state index is 11.9. The Balaban J connectivity index is 2.22. The molecule has 0 aliphatic heterocycles. The fourth-order valence-corrected chi connectivity index (χ4v) is 2.09. The second-order valence-electron chi connectivity index (χ2n) is 4.69. The normalized spacial score (nSPS) is 10.1. The van der Waals surface area contributed by atoms with Crippen LogP contribution in [-0.4, -0.2) is 19.6 Å². The van der Waals surface area contributed by atoms with E-state index in [0.29, 0.717) is 30.2 Å². The summed E-state index contributed by atoms with van der Waals surface area (Å²) in [5.74, 6) is 0.657. The van der Waals surface area contributed by atoms with Crippen molar-refractivity contribution in [1.82, 2.24) is 5.32 Å². The number of amides is 1. The minimum atomic E-state index is -0.229. The summed E-state index contributed by atoms with van der Waals surface area (Å²) in [6.07, 6.45) is 0. The fraction of sp³-hybridized carbons (Fsp3) is 0.235. The molecule has 0 unspecified atom stereocenters. The van der Waals surface area contributed by atoms with Gasteiger partial charge in [-0.3, -0.25) is 4.79 Å². The lowest BCUT2D eigenvalue weighted by molar-refractivity contribution is 0.0956. The number of nitrogen functional groups attached to an aromatic ring is 1. The van der Waals surface area contributed by atoms with Crippen LogP contribution in [0.15, 0.2) is 42.5 Å². The van der Waals surface area contributed by atoms with Gasteiger partial charge in [0.2, 0.25) is 0 Å². The molecule has 0 bridgehead atoms. The van der Waals surface area contributed by atoms with Crippen molar-refractivity contribution in [1.29, 1.82) is 0 Å². The number of anilines is 1. The van der Waals surface area contributed by atoms with Gasteiger partial charge in [-0.25, -0.2) is 0 Å². The molecule has 5 nitrogen and oxygen atoms in total. The third kappa shape index (κ3) is 3.49. The van der Waals surface area contributed by atoms with Gasteiger partial charge in [-0.05, 0) is 24.6 Å². The molecular formula is C17H20N2O3. The van der Waals surface area contributed by atoms with E-state index in [-0.39, 0.29) is 11.6 Å². The quantitative estimate of drug-likeness (QED) is 0.804. The molecule has 5 heteroatoms. The number of ether oxygens (including phenoxy) is 2. The standard InChI is InChI=1S/C17H20N2O3/c1-3-19-17(20)13-9-10-14(16(21-2)15(13)18)22-11-12-7-5-4-6-8-12/h4-10H,3,11,18H2,1-2H3,(H,19,20). The molecule has 0 saturated heterocycles. The van der Waals surface area contributed by atoms with Crippen molar-refractivity contribution < 1.29 is 14.3 Å². The number of hydrogen-bond donors (Lipinski definition) is 2. The Hall–Kier alpha value is -2.69. The minimum absolute atomic E-state index is 0.229. The Bertz CT molecular complexity index is 642. The summed E-state index contributed by atoms with van der Waals surface area (Å²) < 4.78 is 11.1. The van der Waals surface area contributed by atoms with Crippen LogP contribution in [0.3, 0.4) is 0 Å². The van der Waals surface area contributed by atoms with Gasteiger partial charge in [0.25, 0.3) is 5.91 Å². The number of rotatable bonds is 6. The van der Waals surface area contributed by atoms with Crippen LogP contribution in [0, 0.1) is 0 Å². The van der Waals surface area contributed by atoms with Crippen molar-refractivity contribution >= 4 is 11.6 Å². The Morgan fingerprint density at radius 1 is 1.18 bits per heavy atom. The second kappa shape index (κ2) is 7.36. The van der Waals surface area contributed by atoms with E-state index in [1.807, 2.05) is 37.3 Å². The van der Waals surface area contributed by atoms with E-state index < -0.39 is 0 Å². The lowest BCUT2D eigenvalue weighted by Crippen LogP contribution is -2.23. The van der Waals surface area contributed by atoms with Crippen LogP contribution in [0.25, 0.3) is 0 Å². The highest BCUT2D eigenvalue weighted by atomic mass is 16.5. The third-order valence-electron chi connectivity index (χ3n) is 3.18. The van der Waals surface area contributed by atoms with Crippen LogP contribution in [0.5, 0.6) is 11.5 Å². The van der Waals surface area contributed by atoms with Crippen LogP contribution in [0.4, 0.5) is 5.69 Å². The molecule has 0 atom stereocenters. The maximum absolute atomic E-state index is 11.9. The zero-order valence-electron chi connectivity index (χ0n) is 12.8. The number of benzene rings is 2. The molecule has 0 aliphatic rings. The van der Waals surface area contributed by atoms with Gasteiger partial charge in [-0.1, -0.05) is 30.3 Å². The van der Waals surface area contributed by atoms with Gasteiger partial charge in [0, 0.05) is 6.54 Å². The molecule has 116 valence electrons. The third-order valence-corrected chi connectivity index (χ3v) is 3.18. The highest BCUT2D eigenvalue weighted by Crippen LogP contribution is 2.36. The lowest BCUT2D eigenvalue weighted by Gasteiger charge is -2.15. The van der Waals surface area contributed by atoms with Gasteiger partial charge < -0.3 is 20.5 Å². The Labute approximate surface area is 130 Å². The average molecular weight is 300 g/mol. The Morgan fingerprint density at radius 2 is 1.91 bits per heavy atom. The first kappa shape index (κ1) is 15.7. The van der Waals surface area contributed by atoms with Crippen LogP contribution in [0.2, 0.25) is 0 Å². The van der Waals surface area contributed by atoms with Gasteiger partial charge in [-0.2, -0.15) is 0 Å². The van der Waals surface area contributed by atoms with Crippen molar-refractivity contribution in [3.63, 3.8) is 0 Å². The molecule has 2 aromatic rings. The summed E-state index contributed by atoms with van der Waals surface area (Å²) in [4.78, 5) is 11.9. The van der Waals surface area contributed by atoms with Gasteiger partial charge in [0.05, 0.1) is 18.4 Å². The van der Waals surface area contributed by atoms with Crippen molar-refractivity contribution in [2.75, 3.05) is 19.4 Å². The molecule has 0 fully saturated rings. The van der Waals surface area contributed by atoms with Gasteiger partial charge >= 0.3 is 0 Å². The monoisotopic (exact) mass is 300 g/mol. The van der Waals surface area contributed by atoms with E-state index in [0.717, 1.165) is 5.56 Å². The van der Waals surface area contributed by atoms with Gasteiger partial charge in [0.15, 0.2) is 11.5 Å². The van der Waals surface area contributed by atoms with Crippen molar-refractivity contribution in [3.8, 4) is 11.5 Å². The van der Waals surface area contributed by atoms with Crippen LogP contribution >= 0.6 is 0 Å². The van der Waals surface area contributed by atoms with Gasteiger partial charge in [0.1, 0.15) is 6.61 Å². The van der Waals surface area contributed by atoms with Crippen molar-refractivity contribution in [2.24, 2.45) is 0 Å². The minimum Gasteiger partial charge on any atom is -0.491 e. The van der Waals surface area contributed by atoms with E-state index in [1.165, 1.54) is 7.11 Å².